The van der Waals surface area contributed by atoms with E-state index in [1.54, 1.807) is 6.26 Å². The summed E-state index contributed by atoms with van der Waals surface area (Å²) in [6.45, 7) is 10.3. The van der Waals surface area contributed by atoms with Crippen LogP contribution in [-0.4, -0.2) is 6.10 Å². The van der Waals surface area contributed by atoms with E-state index in [1.807, 2.05) is 0 Å². The van der Waals surface area contributed by atoms with E-state index in [0.717, 1.165) is 5.92 Å². The van der Waals surface area contributed by atoms with Gasteiger partial charge in [-0.1, -0.05) is 26.5 Å². The first-order valence-corrected chi connectivity index (χ1v) is 4.59. The summed E-state index contributed by atoms with van der Waals surface area (Å²) in [6.07, 6.45) is 5.27. The van der Waals surface area contributed by atoms with E-state index in [2.05, 4.69) is 33.4 Å². The lowest BCUT2D eigenvalue weighted by Gasteiger charge is -2.32. The van der Waals surface area contributed by atoms with Gasteiger partial charge in [0.2, 0.25) is 0 Å². The lowest BCUT2D eigenvalue weighted by Crippen LogP contribution is -2.29. The van der Waals surface area contributed by atoms with Crippen molar-refractivity contribution in [3.8, 4) is 0 Å². The third-order valence-corrected chi connectivity index (χ3v) is 2.88. The zero-order chi connectivity index (χ0) is 9.14. The van der Waals surface area contributed by atoms with Crippen LogP contribution in [0.2, 0.25) is 0 Å². The second-order valence-corrected chi connectivity index (χ2v) is 3.74. The van der Waals surface area contributed by atoms with Gasteiger partial charge in [0.25, 0.3) is 0 Å². The smallest absolute Gasteiger partial charge is 0.121 e. The van der Waals surface area contributed by atoms with Crippen molar-refractivity contribution in [3.05, 3.63) is 24.5 Å². The molecule has 1 aliphatic carbocycles. The molecular formula is C11H18O. The third kappa shape index (κ3) is 1.71. The predicted molar refractivity (Wildman–Crippen MR) is 51.8 cm³/mol. The first kappa shape index (κ1) is 9.37. The summed E-state index contributed by atoms with van der Waals surface area (Å²) >= 11 is 0. The minimum Gasteiger partial charge on any atom is -0.494 e. The molecule has 68 valence electrons. The van der Waals surface area contributed by atoms with Crippen molar-refractivity contribution in [1.29, 1.82) is 0 Å². The van der Waals surface area contributed by atoms with Gasteiger partial charge in [0.1, 0.15) is 6.10 Å². The fourth-order valence-corrected chi connectivity index (χ4v) is 1.75. The fraction of sp³-hybridized carbons (Fsp3) is 0.636. The second-order valence-electron chi connectivity index (χ2n) is 3.74. The Labute approximate surface area is 75.1 Å². The van der Waals surface area contributed by atoms with E-state index < -0.39 is 0 Å². The molecule has 0 bridgehead atoms. The van der Waals surface area contributed by atoms with Crippen molar-refractivity contribution in [2.45, 2.75) is 33.3 Å². The minimum absolute atomic E-state index is 0.256. The average Bonchev–Trinajstić information content (AvgIpc) is 2.06. The Kier molecular flexibility index (Phi) is 2.96. The minimum atomic E-state index is 0.256. The van der Waals surface area contributed by atoms with Crippen LogP contribution in [0, 0.1) is 11.8 Å². The van der Waals surface area contributed by atoms with Gasteiger partial charge in [-0.05, 0) is 30.8 Å². The summed E-state index contributed by atoms with van der Waals surface area (Å²) in [4.78, 5) is 0. The van der Waals surface area contributed by atoms with Gasteiger partial charge in [-0.2, -0.15) is 0 Å². The molecule has 0 saturated heterocycles. The van der Waals surface area contributed by atoms with E-state index in [-0.39, 0.29) is 6.10 Å². The Hall–Kier alpha value is -0.720. The van der Waals surface area contributed by atoms with Crippen molar-refractivity contribution >= 4 is 0 Å². The maximum absolute atomic E-state index is 5.47. The highest BCUT2D eigenvalue weighted by Gasteiger charge is 2.27. The van der Waals surface area contributed by atoms with Crippen LogP contribution in [-0.2, 0) is 4.74 Å². The van der Waals surface area contributed by atoms with Crippen molar-refractivity contribution in [2.75, 3.05) is 0 Å². The van der Waals surface area contributed by atoms with Crippen molar-refractivity contribution in [3.63, 3.8) is 0 Å². The van der Waals surface area contributed by atoms with Gasteiger partial charge in [-0.25, -0.2) is 0 Å². The molecule has 0 spiro atoms. The van der Waals surface area contributed by atoms with E-state index >= 15 is 0 Å². The van der Waals surface area contributed by atoms with Gasteiger partial charge < -0.3 is 4.74 Å². The topological polar surface area (TPSA) is 9.23 Å². The summed E-state index contributed by atoms with van der Waals surface area (Å²) in [5.41, 5.74) is 1.35. The Morgan fingerprint density at radius 2 is 2.25 bits per heavy atom. The van der Waals surface area contributed by atoms with Crippen LogP contribution < -0.4 is 0 Å². The Morgan fingerprint density at radius 1 is 1.58 bits per heavy atom. The van der Waals surface area contributed by atoms with Crippen LogP contribution in [0.4, 0.5) is 0 Å². The Morgan fingerprint density at radius 3 is 2.83 bits per heavy atom. The maximum Gasteiger partial charge on any atom is 0.121 e. The molecule has 0 radical (unpaired) electrons. The molecule has 0 aromatic heterocycles. The molecule has 0 aromatic rings. The van der Waals surface area contributed by atoms with Gasteiger partial charge in [0.15, 0.2) is 0 Å². The Balaban J connectivity index is 2.72. The fourth-order valence-electron chi connectivity index (χ4n) is 1.75. The molecule has 0 heterocycles. The van der Waals surface area contributed by atoms with Gasteiger partial charge in [-0.15, -0.1) is 0 Å². The largest absolute Gasteiger partial charge is 0.494 e. The standard InChI is InChI=1S/C11H18O/c1-5-12-11-9(3)7-6-8(2)10(11)4/h5,7-8,10-11H,1,6H2,2-4H3/t8-,10-,11+/m0/s1. The molecule has 0 aliphatic heterocycles. The van der Waals surface area contributed by atoms with Gasteiger partial charge in [0.05, 0.1) is 6.26 Å². The number of ether oxygens (including phenoxy) is 1. The zero-order valence-corrected chi connectivity index (χ0v) is 8.21. The molecule has 0 amide bonds. The van der Waals surface area contributed by atoms with Crippen LogP contribution in [0.3, 0.4) is 0 Å². The highest BCUT2D eigenvalue weighted by atomic mass is 16.5. The SMILES string of the molecule is C=CO[C@@H]1C(C)=CC[C@H](C)[C@@H]1C. The molecule has 1 nitrogen and oxygen atoms in total. The molecule has 0 aromatic carbocycles. The first-order chi connectivity index (χ1) is 5.66. The lowest BCUT2D eigenvalue weighted by atomic mass is 9.80. The van der Waals surface area contributed by atoms with E-state index in [1.165, 1.54) is 12.0 Å². The first-order valence-electron chi connectivity index (χ1n) is 4.59. The molecular weight excluding hydrogens is 148 g/mol. The van der Waals surface area contributed by atoms with Crippen LogP contribution in [0.25, 0.3) is 0 Å². The van der Waals surface area contributed by atoms with Crippen LogP contribution in [0.1, 0.15) is 27.2 Å². The molecule has 1 aliphatic rings. The summed E-state index contributed by atoms with van der Waals surface area (Å²) in [6, 6.07) is 0. The monoisotopic (exact) mass is 166 g/mol. The average molecular weight is 166 g/mol. The van der Waals surface area contributed by atoms with Gasteiger partial charge in [-0.3, -0.25) is 0 Å². The second kappa shape index (κ2) is 3.79. The summed E-state index contributed by atoms with van der Waals surface area (Å²) in [5.74, 6) is 1.33. The molecule has 12 heavy (non-hydrogen) atoms. The number of rotatable bonds is 2. The van der Waals surface area contributed by atoms with Crippen molar-refractivity contribution in [2.24, 2.45) is 11.8 Å². The van der Waals surface area contributed by atoms with Crippen molar-refractivity contribution in [1.82, 2.24) is 0 Å². The van der Waals surface area contributed by atoms with Gasteiger partial charge >= 0.3 is 0 Å². The number of allylic oxidation sites excluding steroid dienone is 1. The predicted octanol–water partition coefficient (Wildman–Crippen LogP) is 3.14. The summed E-state index contributed by atoms with van der Waals surface area (Å²) in [5, 5.41) is 0. The summed E-state index contributed by atoms with van der Waals surface area (Å²) < 4.78 is 5.47. The quantitative estimate of drug-likeness (QED) is 0.452. The lowest BCUT2D eigenvalue weighted by molar-refractivity contribution is 0.0898. The van der Waals surface area contributed by atoms with E-state index in [4.69, 9.17) is 4.74 Å². The Bertz CT molecular complexity index is 193. The van der Waals surface area contributed by atoms with E-state index in [9.17, 15) is 0 Å². The molecule has 1 heteroatoms. The van der Waals surface area contributed by atoms with Gasteiger partial charge in [0, 0.05) is 0 Å². The maximum atomic E-state index is 5.47. The third-order valence-electron chi connectivity index (χ3n) is 2.88. The number of hydrogen-bond acceptors (Lipinski definition) is 1. The molecule has 3 atom stereocenters. The number of hydrogen-bond donors (Lipinski definition) is 0. The molecule has 0 unspecified atom stereocenters. The van der Waals surface area contributed by atoms with Crippen LogP contribution in [0.15, 0.2) is 24.5 Å². The zero-order valence-electron chi connectivity index (χ0n) is 8.21. The summed E-state index contributed by atoms with van der Waals surface area (Å²) in [7, 11) is 0. The van der Waals surface area contributed by atoms with Crippen LogP contribution >= 0.6 is 0 Å². The molecule has 0 fully saturated rings. The highest BCUT2D eigenvalue weighted by molar-refractivity contribution is 5.12. The molecule has 0 saturated carbocycles. The molecule has 1 rings (SSSR count). The van der Waals surface area contributed by atoms with E-state index in [0.29, 0.717) is 5.92 Å². The van der Waals surface area contributed by atoms with Crippen LogP contribution in [0.5, 0.6) is 0 Å². The molecule has 0 N–H and O–H groups in total. The highest BCUT2D eigenvalue weighted by Crippen LogP contribution is 2.31. The normalized spacial score (nSPS) is 35.6. The van der Waals surface area contributed by atoms with Crippen molar-refractivity contribution < 1.29 is 4.74 Å².